The zero-order valence-corrected chi connectivity index (χ0v) is 20.3. The van der Waals surface area contributed by atoms with Crippen molar-refractivity contribution < 1.29 is 13.2 Å². The third kappa shape index (κ3) is 6.21. The van der Waals surface area contributed by atoms with Crippen LogP contribution in [0, 0.1) is 6.92 Å². The average Bonchev–Trinajstić information content (AvgIpc) is 2.82. The maximum atomic E-state index is 12.9. The molecule has 0 radical (unpaired) electrons. The Bertz CT molecular complexity index is 1160. The molecule has 3 rings (SSSR count). The first-order chi connectivity index (χ1) is 15.7. The van der Waals surface area contributed by atoms with Crippen molar-refractivity contribution in [1.29, 1.82) is 0 Å². The number of rotatable bonds is 9. The average molecular weight is 466 g/mol. The minimum atomic E-state index is -3.68. The molecule has 0 aliphatic heterocycles. The Morgan fingerprint density at radius 2 is 1.48 bits per heavy atom. The van der Waals surface area contributed by atoms with Gasteiger partial charge in [0.15, 0.2) is 0 Å². The van der Waals surface area contributed by atoms with Gasteiger partial charge in [0, 0.05) is 25.2 Å². The standard InChI is InChI=1S/C26H31N3O3S/c1-20-10-16-25(17-11-20)33(31,32)29(4)23-14-12-22(13-15-23)26(30)27-19-24(28(2)3)18-21-8-6-5-7-9-21/h5-17,24H,18-19H2,1-4H3,(H,27,30). The number of anilines is 1. The van der Waals surface area contributed by atoms with E-state index in [0.717, 1.165) is 12.0 Å². The van der Waals surface area contributed by atoms with E-state index < -0.39 is 10.0 Å². The highest BCUT2D eigenvalue weighted by molar-refractivity contribution is 7.92. The fraction of sp³-hybridized carbons (Fsp3) is 0.269. The molecule has 6 nitrogen and oxygen atoms in total. The molecule has 3 aromatic rings. The minimum Gasteiger partial charge on any atom is -0.350 e. The molecule has 0 bridgehead atoms. The molecule has 0 aliphatic rings. The number of sulfonamides is 1. The summed E-state index contributed by atoms with van der Waals surface area (Å²) in [5, 5.41) is 3.00. The maximum absolute atomic E-state index is 12.9. The lowest BCUT2D eigenvalue weighted by Gasteiger charge is -2.25. The molecule has 0 aliphatic carbocycles. The van der Waals surface area contributed by atoms with Crippen LogP contribution >= 0.6 is 0 Å². The van der Waals surface area contributed by atoms with Crippen LogP contribution in [0.1, 0.15) is 21.5 Å². The molecular weight excluding hydrogens is 434 g/mol. The van der Waals surface area contributed by atoms with Crippen LogP contribution in [0.15, 0.2) is 83.8 Å². The van der Waals surface area contributed by atoms with Crippen LogP contribution in [0.25, 0.3) is 0 Å². The van der Waals surface area contributed by atoms with Crippen LogP contribution in [0.4, 0.5) is 5.69 Å². The Hall–Kier alpha value is -3.16. The molecule has 7 heteroatoms. The summed E-state index contributed by atoms with van der Waals surface area (Å²) in [5.74, 6) is -0.189. The highest BCUT2D eigenvalue weighted by Gasteiger charge is 2.21. The fourth-order valence-corrected chi connectivity index (χ4v) is 4.66. The summed E-state index contributed by atoms with van der Waals surface area (Å²) < 4.78 is 27.0. The molecule has 3 aromatic carbocycles. The fourth-order valence-electron chi connectivity index (χ4n) is 3.47. The SMILES string of the molecule is Cc1ccc(S(=O)(=O)N(C)c2ccc(C(=O)NCC(Cc3ccccc3)N(C)C)cc2)cc1. The van der Waals surface area contributed by atoms with Crippen molar-refractivity contribution in [2.24, 2.45) is 0 Å². The smallest absolute Gasteiger partial charge is 0.264 e. The van der Waals surface area contributed by atoms with Gasteiger partial charge in [0.05, 0.1) is 10.6 Å². The molecule has 0 aromatic heterocycles. The lowest BCUT2D eigenvalue weighted by Crippen LogP contribution is -2.41. The summed E-state index contributed by atoms with van der Waals surface area (Å²) in [6, 6.07) is 23.7. The van der Waals surface area contributed by atoms with Crippen molar-refractivity contribution >= 4 is 21.6 Å². The number of carbonyl (C=O) groups excluding carboxylic acids is 1. The summed E-state index contributed by atoms with van der Waals surface area (Å²) in [6.07, 6.45) is 0.828. The van der Waals surface area contributed by atoms with E-state index >= 15 is 0 Å². The molecule has 1 N–H and O–H groups in total. The van der Waals surface area contributed by atoms with Crippen molar-refractivity contribution in [3.63, 3.8) is 0 Å². The van der Waals surface area contributed by atoms with Crippen LogP contribution in [0.2, 0.25) is 0 Å². The lowest BCUT2D eigenvalue weighted by molar-refractivity contribution is 0.0941. The molecule has 0 saturated carbocycles. The Labute approximate surface area is 196 Å². The van der Waals surface area contributed by atoms with E-state index in [1.807, 2.05) is 39.2 Å². The van der Waals surface area contributed by atoms with E-state index in [1.54, 1.807) is 48.5 Å². The molecule has 0 heterocycles. The first kappa shape index (κ1) is 24.5. The number of nitrogens with one attached hydrogen (secondary N) is 1. The molecule has 0 fully saturated rings. The summed E-state index contributed by atoms with van der Waals surface area (Å²) >= 11 is 0. The molecule has 33 heavy (non-hydrogen) atoms. The van der Waals surface area contributed by atoms with Gasteiger partial charge in [0.2, 0.25) is 0 Å². The van der Waals surface area contributed by atoms with Crippen LogP contribution in [0.5, 0.6) is 0 Å². The number of hydrogen-bond acceptors (Lipinski definition) is 4. The van der Waals surface area contributed by atoms with Crippen molar-refractivity contribution in [1.82, 2.24) is 10.2 Å². The van der Waals surface area contributed by atoms with Crippen molar-refractivity contribution in [2.45, 2.75) is 24.3 Å². The van der Waals surface area contributed by atoms with Gasteiger partial charge in [0.25, 0.3) is 15.9 Å². The summed E-state index contributed by atoms with van der Waals surface area (Å²) in [6.45, 7) is 2.41. The Balaban J connectivity index is 1.65. The number of amides is 1. The number of carbonyl (C=O) groups is 1. The van der Waals surface area contributed by atoms with E-state index in [-0.39, 0.29) is 16.8 Å². The van der Waals surface area contributed by atoms with Gasteiger partial charge < -0.3 is 10.2 Å². The van der Waals surface area contributed by atoms with Gasteiger partial charge in [0.1, 0.15) is 0 Å². The third-order valence-electron chi connectivity index (χ3n) is 5.72. The number of benzene rings is 3. The highest BCUT2D eigenvalue weighted by Crippen LogP contribution is 2.22. The molecule has 0 saturated heterocycles. The summed E-state index contributed by atoms with van der Waals surface area (Å²) in [4.78, 5) is 15.0. The second-order valence-electron chi connectivity index (χ2n) is 8.35. The van der Waals surface area contributed by atoms with Crippen molar-refractivity contribution in [2.75, 3.05) is 32.0 Å². The number of aryl methyl sites for hydroxylation is 1. The zero-order chi connectivity index (χ0) is 24.0. The monoisotopic (exact) mass is 465 g/mol. The van der Waals surface area contributed by atoms with Crippen LogP contribution < -0.4 is 9.62 Å². The van der Waals surface area contributed by atoms with Crippen molar-refractivity contribution in [3.8, 4) is 0 Å². The normalized spacial score (nSPS) is 12.4. The zero-order valence-electron chi connectivity index (χ0n) is 19.5. The van der Waals surface area contributed by atoms with E-state index in [4.69, 9.17) is 0 Å². The summed E-state index contributed by atoms with van der Waals surface area (Å²) in [7, 11) is 1.83. The predicted molar refractivity (Wildman–Crippen MR) is 133 cm³/mol. The van der Waals surface area contributed by atoms with Gasteiger partial charge in [-0.25, -0.2) is 8.42 Å². The Morgan fingerprint density at radius 3 is 2.06 bits per heavy atom. The topological polar surface area (TPSA) is 69.7 Å². The molecule has 1 atom stereocenters. The van der Waals surface area contributed by atoms with Gasteiger partial charge in [-0.2, -0.15) is 0 Å². The van der Waals surface area contributed by atoms with E-state index in [1.165, 1.54) is 16.9 Å². The largest absolute Gasteiger partial charge is 0.350 e. The highest BCUT2D eigenvalue weighted by atomic mass is 32.2. The number of likely N-dealkylation sites (N-methyl/N-ethyl adjacent to an activating group) is 1. The quantitative estimate of drug-likeness (QED) is 0.523. The van der Waals surface area contributed by atoms with E-state index in [2.05, 4.69) is 22.3 Å². The van der Waals surface area contributed by atoms with E-state index in [9.17, 15) is 13.2 Å². The predicted octanol–water partition coefficient (Wildman–Crippen LogP) is 3.72. The van der Waals surface area contributed by atoms with Crippen LogP contribution in [-0.4, -0.2) is 53.0 Å². The van der Waals surface area contributed by atoms with Gasteiger partial charge in [-0.1, -0.05) is 48.0 Å². The first-order valence-electron chi connectivity index (χ1n) is 10.8. The second kappa shape index (κ2) is 10.6. The second-order valence-corrected chi connectivity index (χ2v) is 10.3. The molecular formula is C26H31N3O3S. The van der Waals surface area contributed by atoms with Crippen LogP contribution in [-0.2, 0) is 16.4 Å². The van der Waals surface area contributed by atoms with Gasteiger partial charge in [-0.05, 0) is 69.4 Å². The van der Waals surface area contributed by atoms with Gasteiger partial charge >= 0.3 is 0 Å². The van der Waals surface area contributed by atoms with E-state index in [0.29, 0.717) is 17.8 Å². The lowest BCUT2D eigenvalue weighted by atomic mass is 10.0. The van der Waals surface area contributed by atoms with Gasteiger partial charge in [-0.15, -0.1) is 0 Å². The van der Waals surface area contributed by atoms with Crippen molar-refractivity contribution in [3.05, 3.63) is 95.6 Å². The Morgan fingerprint density at radius 1 is 0.879 bits per heavy atom. The van der Waals surface area contributed by atoms with Gasteiger partial charge in [-0.3, -0.25) is 9.10 Å². The molecule has 174 valence electrons. The number of hydrogen-bond donors (Lipinski definition) is 1. The Kier molecular flexibility index (Phi) is 7.89. The molecule has 0 spiro atoms. The van der Waals surface area contributed by atoms with Crippen LogP contribution in [0.3, 0.4) is 0 Å². The minimum absolute atomic E-state index is 0.154. The maximum Gasteiger partial charge on any atom is 0.264 e. The first-order valence-corrected chi connectivity index (χ1v) is 12.3. The molecule has 1 amide bonds. The molecule has 1 unspecified atom stereocenters. The third-order valence-corrected chi connectivity index (χ3v) is 7.51. The summed E-state index contributed by atoms with van der Waals surface area (Å²) in [5.41, 5.74) is 3.18. The number of nitrogens with zero attached hydrogens (tertiary/aromatic N) is 2.